The molecule has 96 valence electrons. The van der Waals surface area contributed by atoms with Crippen LogP contribution in [0.2, 0.25) is 5.02 Å². The first kappa shape index (κ1) is 12.2. The third-order valence-corrected chi connectivity index (χ3v) is 3.44. The lowest BCUT2D eigenvalue weighted by atomic mass is 10.1. The van der Waals surface area contributed by atoms with Crippen LogP contribution in [0.3, 0.4) is 0 Å². The minimum Gasteiger partial charge on any atom is -0.354 e. The van der Waals surface area contributed by atoms with Crippen LogP contribution in [0.1, 0.15) is 5.56 Å². The molecule has 0 aliphatic carbocycles. The van der Waals surface area contributed by atoms with Crippen molar-refractivity contribution in [3.63, 3.8) is 0 Å². The fraction of sp³-hybridized carbons (Fsp3) is 0.0667. The van der Waals surface area contributed by atoms with Crippen molar-refractivity contribution in [2.45, 2.75) is 6.54 Å². The molecule has 1 aromatic heterocycles. The number of benzene rings is 2. The molecule has 0 bridgehead atoms. The lowest BCUT2D eigenvalue weighted by Gasteiger charge is -2.02. The van der Waals surface area contributed by atoms with Crippen molar-refractivity contribution in [2.24, 2.45) is 5.73 Å². The highest BCUT2D eigenvalue weighted by atomic mass is 35.5. The number of hydrogen-bond donors (Lipinski definition) is 2. The van der Waals surface area contributed by atoms with Crippen molar-refractivity contribution in [1.82, 2.24) is 4.98 Å². The van der Waals surface area contributed by atoms with Crippen molar-refractivity contribution >= 4 is 22.5 Å². The first-order valence-electron chi connectivity index (χ1n) is 5.95. The van der Waals surface area contributed by atoms with Gasteiger partial charge >= 0.3 is 0 Å². The second kappa shape index (κ2) is 4.68. The van der Waals surface area contributed by atoms with E-state index in [1.807, 2.05) is 18.2 Å². The monoisotopic (exact) mass is 274 g/mol. The van der Waals surface area contributed by atoms with Gasteiger partial charge in [-0.15, -0.1) is 0 Å². The fourth-order valence-electron chi connectivity index (χ4n) is 2.29. The molecular weight excluding hydrogens is 263 g/mol. The lowest BCUT2D eigenvalue weighted by molar-refractivity contribution is 0.628. The van der Waals surface area contributed by atoms with Crippen LogP contribution in [0.4, 0.5) is 4.39 Å². The van der Waals surface area contributed by atoms with Crippen molar-refractivity contribution < 1.29 is 4.39 Å². The van der Waals surface area contributed by atoms with Gasteiger partial charge in [0.25, 0.3) is 0 Å². The van der Waals surface area contributed by atoms with E-state index in [4.69, 9.17) is 17.3 Å². The van der Waals surface area contributed by atoms with Gasteiger partial charge in [-0.25, -0.2) is 4.39 Å². The summed E-state index contributed by atoms with van der Waals surface area (Å²) in [5.74, 6) is -0.253. The highest BCUT2D eigenvalue weighted by Gasteiger charge is 2.12. The molecule has 0 spiro atoms. The Bertz CT molecular complexity index is 732. The van der Waals surface area contributed by atoms with Crippen molar-refractivity contribution in [1.29, 1.82) is 0 Å². The van der Waals surface area contributed by atoms with Crippen LogP contribution in [0.25, 0.3) is 22.2 Å². The molecule has 1 heterocycles. The van der Waals surface area contributed by atoms with Gasteiger partial charge in [0.1, 0.15) is 5.82 Å². The number of aromatic amines is 1. The molecule has 0 unspecified atom stereocenters. The minimum atomic E-state index is -0.253. The quantitative estimate of drug-likeness (QED) is 0.726. The zero-order chi connectivity index (χ0) is 13.4. The Morgan fingerprint density at radius 3 is 2.53 bits per heavy atom. The summed E-state index contributed by atoms with van der Waals surface area (Å²) in [5.41, 5.74) is 9.64. The Labute approximate surface area is 115 Å². The molecule has 0 saturated carbocycles. The average Bonchev–Trinajstić information content (AvgIpc) is 2.77. The molecule has 0 saturated heterocycles. The number of rotatable bonds is 2. The van der Waals surface area contributed by atoms with Gasteiger partial charge in [0.05, 0.1) is 5.69 Å². The van der Waals surface area contributed by atoms with Gasteiger partial charge in [-0.2, -0.15) is 0 Å². The van der Waals surface area contributed by atoms with E-state index in [-0.39, 0.29) is 5.82 Å². The third kappa shape index (κ3) is 2.11. The topological polar surface area (TPSA) is 41.8 Å². The van der Waals surface area contributed by atoms with Gasteiger partial charge in [-0.1, -0.05) is 11.6 Å². The van der Waals surface area contributed by atoms with E-state index in [0.29, 0.717) is 11.6 Å². The number of fused-ring (bicyclic) bond motifs is 1. The Balaban J connectivity index is 2.25. The predicted octanol–water partition coefficient (Wildman–Crippen LogP) is 4.09. The van der Waals surface area contributed by atoms with Gasteiger partial charge in [-0.3, -0.25) is 0 Å². The van der Waals surface area contributed by atoms with Crippen LogP contribution >= 0.6 is 11.6 Å². The van der Waals surface area contributed by atoms with E-state index in [1.165, 1.54) is 12.1 Å². The normalized spacial score (nSPS) is 11.1. The van der Waals surface area contributed by atoms with Gasteiger partial charge in [0.2, 0.25) is 0 Å². The van der Waals surface area contributed by atoms with Crippen LogP contribution in [-0.4, -0.2) is 4.98 Å². The summed E-state index contributed by atoms with van der Waals surface area (Å²) in [6.07, 6.45) is 0. The second-order valence-corrected chi connectivity index (χ2v) is 4.82. The molecule has 0 radical (unpaired) electrons. The summed E-state index contributed by atoms with van der Waals surface area (Å²) in [4.78, 5) is 3.32. The number of hydrogen-bond acceptors (Lipinski definition) is 1. The summed E-state index contributed by atoms with van der Waals surface area (Å²) in [6, 6.07) is 12.0. The number of nitrogens with one attached hydrogen (secondary N) is 1. The van der Waals surface area contributed by atoms with Gasteiger partial charge in [0.15, 0.2) is 0 Å². The number of H-pyrrole nitrogens is 1. The highest BCUT2D eigenvalue weighted by Crippen LogP contribution is 2.31. The largest absolute Gasteiger partial charge is 0.354 e. The molecule has 3 rings (SSSR count). The molecule has 0 fully saturated rings. The molecule has 4 heteroatoms. The third-order valence-electron chi connectivity index (χ3n) is 3.21. The fourth-order valence-corrected chi connectivity index (χ4v) is 2.47. The zero-order valence-corrected chi connectivity index (χ0v) is 10.8. The van der Waals surface area contributed by atoms with E-state index < -0.39 is 0 Å². The van der Waals surface area contributed by atoms with Crippen molar-refractivity contribution in [3.8, 4) is 11.3 Å². The SMILES string of the molecule is NCc1c(-c2ccc(F)cc2)[nH]c2ccc(Cl)cc12. The maximum atomic E-state index is 13.0. The molecule has 3 aromatic rings. The number of halogens is 2. The first-order valence-corrected chi connectivity index (χ1v) is 6.33. The maximum Gasteiger partial charge on any atom is 0.123 e. The molecule has 3 N–H and O–H groups in total. The first-order chi connectivity index (χ1) is 9.19. The lowest BCUT2D eigenvalue weighted by Crippen LogP contribution is -1.97. The zero-order valence-electron chi connectivity index (χ0n) is 10.1. The Morgan fingerprint density at radius 1 is 1.11 bits per heavy atom. The highest BCUT2D eigenvalue weighted by molar-refractivity contribution is 6.31. The molecule has 0 amide bonds. The van der Waals surface area contributed by atoms with E-state index in [0.717, 1.165) is 27.7 Å². The van der Waals surface area contributed by atoms with E-state index in [2.05, 4.69) is 4.98 Å². The Hall–Kier alpha value is -1.84. The van der Waals surface area contributed by atoms with E-state index >= 15 is 0 Å². The molecular formula is C15H12ClFN2. The summed E-state index contributed by atoms with van der Waals surface area (Å²) in [6.45, 7) is 0.396. The van der Waals surface area contributed by atoms with Crippen molar-refractivity contribution in [3.05, 3.63) is 58.9 Å². The van der Waals surface area contributed by atoms with E-state index in [9.17, 15) is 4.39 Å². The average molecular weight is 275 g/mol. The number of nitrogens with two attached hydrogens (primary N) is 1. The van der Waals surface area contributed by atoms with Crippen LogP contribution in [0, 0.1) is 5.82 Å². The standard InChI is InChI=1S/C15H12ClFN2/c16-10-3-6-14-12(7-10)13(8-18)15(19-14)9-1-4-11(17)5-2-9/h1-7,19H,8,18H2. The smallest absolute Gasteiger partial charge is 0.123 e. The van der Waals surface area contributed by atoms with Gasteiger partial charge < -0.3 is 10.7 Å². The number of aromatic nitrogens is 1. The van der Waals surface area contributed by atoms with Gasteiger partial charge in [-0.05, 0) is 53.6 Å². The van der Waals surface area contributed by atoms with Crippen molar-refractivity contribution in [2.75, 3.05) is 0 Å². The predicted molar refractivity (Wildman–Crippen MR) is 76.6 cm³/mol. The second-order valence-electron chi connectivity index (χ2n) is 4.38. The van der Waals surface area contributed by atoms with Gasteiger partial charge in [0, 0.05) is 22.5 Å². The molecule has 2 nitrogen and oxygen atoms in total. The van der Waals surface area contributed by atoms with E-state index in [1.54, 1.807) is 12.1 Å². The molecule has 0 atom stereocenters. The van der Waals surface area contributed by atoms with Crippen LogP contribution in [0.5, 0.6) is 0 Å². The molecule has 0 aliphatic rings. The minimum absolute atomic E-state index is 0.253. The van der Waals surface area contributed by atoms with Crippen LogP contribution < -0.4 is 5.73 Å². The summed E-state index contributed by atoms with van der Waals surface area (Å²) < 4.78 is 13.0. The maximum absolute atomic E-state index is 13.0. The summed E-state index contributed by atoms with van der Waals surface area (Å²) >= 11 is 6.02. The summed E-state index contributed by atoms with van der Waals surface area (Å²) in [5, 5.41) is 1.68. The molecule has 0 aliphatic heterocycles. The Morgan fingerprint density at radius 2 is 1.84 bits per heavy atom. The van der Waals surface area contributed by atoms with Crippen LogP contribution in [-0.2, 0) is 6.54 Å². The molecule has 19 heavy (non-hydrogen) atoms. The van der Waals surface area contributed by atoms with Crippen LogP contribution in [0.15, 0.2) is 42.5 Å². The molecule has 2 aromatic carbocycles. The summed E-state index contributed by atoms with van der Waals surface area (Å²) in [7, 11) is 0. The Kier molecular flexibility index (Phi) is 3.01.